The number of aromatic nitrogens is 5. The van der Waals surface area contributed by atoms with Crippen molar-refractivity contribution in [3.8, 4) is 11.4 Å². The Balaban J connectivity index is 1.65. The highest BCUT2D eigenvalue weighted by Gasteiger charge is 2.21. The summed E-state index contributed by atoms with van der Waals surface area (Å²) in [7, 11) is 1.53. The maximum Gasteiger partial charge on any atom is 0.413 e. The van der Waals surface area contributed by atoms with Gasteiger partial charge < -0.3 is 10.1 Å². The van der Waals surface area contributed by atoms with Crippen LogP contribution in [0, 0.1) is 11.8 Å². The predicted molar refractivity (Wildman–Crippen MR) is 120 cm³/mol. The molecule has 0 saturated heterocycles. The van der Waals surface area contributed by atoms with Gasteiger partial charge in [-0.2, -0.15) is 9.49 Å². The summed E-state index contributed by atoms with van der Waals surface area (Å²) in [6.45, 7) is 4.56. The molecule has 0 aliphatic heterocycles. The minimum absolute atomic E-state index is 0.135. The fourth-order valence-electron chi connectivity index (χ4n) is 2.96. The van der Waals surface area contributed by atoms with Gasteiger partial charge in [0.1, 0.15) is 17.7 Å². The van der Waals surface area contributed by atoms with Crippen LogP contribution in [0.5, 0.6) is 0 Å². The second-order valence-corrected chi connectivity index (χ2v) is 7.54. The summed E-state index contributed by atoms with van der Waals surface area (Å²) >= 11 is 0. The van der Waals surface area contributed by atoms with E-state index in [1.54, 1.807) is 0 Å². The third-order valence-electron chi connectivity index (χ3n) is 4.87. The van der Waals surface area contributed by atoms with Crippen molar-refractivity contribution >= 4 is 23.5 Å². The van der Waals surface area contributed by atoms with E-state index in [4.69, 9.17) is 4.74 Å². The third-order valence-corrected chi connectivity index (χ3v) is 4.87. The van der Waals surface area contributed by atoms with Crippen LogP contribution in [0.3, 0.4) is 0 Å². The minimum Gasteiger partial charge on any atom is -0.441 e. The molecule has 14 heteroatoms. The van der Waals surface area contributed by atoms with Crippen molar-refractivity contribution in [1.82, 2.24) is 24.7 Å². The highest BCUT2D eigenvalue weighted by Crippen LogP contribution is 2.26. The molecule has 2 amide bonds. The number of carbonyl (C=O) groups excluding carboxylic acids is 2. The number of nitrogens with zero attached hydrogens (tertiary/aromatic N) is 5. The number of aryl methyl sites for hydroxylation is 1. The standard InChI is InChI=1S/C22H21F4N7O3/c1-11(18(24)25)4-5-17(34)31-14-8-28-20(29-9-14)16-10-30-33(3)21(16)32-22(35)36-12(2)15-6-13(23)7-27-19(15)26/h6-10,12,18H,1,4-5H2,2-3H3,(H,31,34)(H,32,35)/t12-/m1/s1. The lowest BCUT2D eigenvalue weighted by Crippen LogP contribution is -2.19. The van der Waals surface area contributed by atoms with Crippen molar-refractivity contribution in [2.75, 3.05) is 10.6 Å². The largest absolute Gasteiger partial charge is 0.441 e. The van der Waals surface area contributed by atoms with Crippen molar-refractivity contribution in [3.05, 3.63) is 60.3 Å². The monoisotopic (exact) mass is 507 g/mol. The van der Waals surface area contributed by atoms with Crippen LogP contribution in [-0.2, 0) is 16.6 Å². The zero-order chi connectivity index (χ0) is 26.4. The number of halogens is 4. The molecule has 3 aromatic heterocycles. The molecular formula is C22H21F4N7O3. The Hall–Kier alpha value is -4.36. The molecule has 2 N–H and O–H groups in total. The topological polar surface area (TPSA) is 124 Å². The number of carbonyl (C=O) groups is 2. The maximum absolute atomic E-state index is 13.8. The van der Waals surface area contributed by atoms with E-state index in [9.17, 15) is 27.2 Å². The highest BCUT2D eigenvalue weighted by molar-refractivity contribution is 5.91. The molecule has 0 fully saturated rings. The van der Waals surface area contributed by atoms with Crippen molar-refractivity contribution in [2.24, 2.45) is 7.05 Å². The zero-order valence-corrected chi connectivity index (χ0v) is 19.1. The summed E-state index contributed by atoms with van der Waals surface area (Å²) in [6.07, 6.45) is -0.511. The fourth-order valence-corrected chi connectivity index (χ4v) is 2.96. The highest BCUT2D eigenvalue weighted by atomic mass is 19.3. The molecule has 0 radical (unpaired) electrons. The molecule has 3 rings (SSSR count). The summed E-state index contributed by atoms with van der Waals surface area (Å²) < 4.78 is 58.6. The van der Waals surface area contributed by atoms with E-state index in [-0.39, 0.29) is 41.3 Å². The number of pyridine rings is 1. The lowest BCUT2D eigenvalue weighted by atomic mass is 10.1. The molecule has 0 aliphatic rings. The van der Waals surface area contributed by atoms with E-state index >= 15 is 0 Å². The van der Waals surface area contributed by atoms with Crippen LogP contribution in [0.2, 0.25) is 0 Å². The number of rotatable bonds is 9. The predicted octanol–water partition coefficient (Wildman–Crippen LogP) is 4.40. The molecule has 0 bridgehead atoms. The van der Waals surface area contributed by atoms with Gasteiger partial charge in [0, 0.05) is 13.5 Å². The van der Waals surface area contributed by atoms with Gasteiger partial charge in [-0.25, -0.2) is 32.9 Å². The molecule has 1 atom stereocenters. The smallest absolute Gasteiger partial charge is 0.413 e. The minimum atomic E-state index is -2.69. The van der Waals surface area contributed by atoms with Crippen molar-refractivity contribution in [2.45, 2.75) is 32.3 Å². The second kappa shape index (κ2) is 11.4. The van der Waals surface area contributed by atoms with Crippen molar-refractivity contribution in [1.29, 1.82) is 0 Å². The molecule has 0 saturated carbocycles. The van der Waals surface area contributed by atoms with Crippen molar-refractivity contribution in [3.63, 3.8) is 0 Å². The number of alkyl halides is 2. The van der Waals surface area contributed by atoms with Crippen LogP contribution in [0.1, 0.15) is 31.4 Å². The first-order chi connectivity index (χ1) is 17.0. The molecule has 0 aliphatic carbocycles. The van der Waals surface area contributed by atoms with E-state index in [0.29, 0.717) is 11.8 Å². The number of allylic oxidation sites excluding steroid dienone is 1. The summed E-state index contributed by atoms with van der Waals surface area (Å²) in [5.41, 5.74) is -0.0514. The van der Waals surface area contributed by atoms with E-state index in [2.05, 4.69) is 37.3 Å². The number of amides is 2. The van der Waals surface area contributed by atoms with Gasteiger partial charge >= 0.3 is 6.09 Å². The van der Waals surface area contributed by atoms with Crippen LogP contribution in [0.25, 0.3) is 11.4 Å². The molecule has 0 unspecified atom stereocenters. The number of hydrogen-bond acceptors (Lipinski definition) is 7. The van der Waals surface area contributed by atoms with Gasteiger partial charge in [-0.1, -0.05) is 6.58 Å². The Morgan fingerprint density at radius 1 is 1.08 bits per heavy atom. The molecule has 36 heavy (non-hydrogen) atoms. The number of ether oxygens (including phenoxy) is 1. The van der Waals surface area contributed by atoms with Crippen LogP contribution in [0.4, 0.5) is 33.9 Å². The van der Waals surface area contributed by atoms with Gasteiger partial charge in [0.15, 0.2) is 5.82 Å². The van der Waals surface area contributed by atoms with Gasteiger partial charge in [0.05, 0.1) is 41.6 Å². The first-order valence-corrected chi connectivity index (χ1v) is 10.4. The second-order valence-electron chi connectivity index (χ2n) is 7.54. The first kappa shape index (κ1) is 26.2. The molecule has 190 valence electrons. The Morgan fingerprint density at radius 2 is 1.78 bits per heavy atom. The van der Waals surface area contributed by atoms with Crippen LogP contribution in [0.15, 0.2) is 43.0 Å². The normalized spacial score (nSPS) is 11.8. The van der Waals surface area contributed by atoms with Gasteiger partial charge in [-0.05, 0) is 25.0 Å². The summed E-state index contributed by atoms with van der Waals surface area (Å²) in [5, 5.41) is 8.99. The molecule has 0 spiro atoms. The van der Waals surface area contributed by atoms with E-state index in [1.807, 2.05) is 0 Å². The SMILES string of the molecule is C=C(CCC(=O)Nc1cnc(-c2cnn(C)c2NC(=O)O[C@H](C)c2cc(F)cnc2F)nc1)C(F)F. The molecule has 3 aromatic rings. The Kier molecular flexibility index (Phi) is 8.30. The lowest BCUT2D eigenvalue weighted by molar-refractivity contribution is -0.116. The summed E-state index contributed by atoms with van der Waals surface area (Å²) in [5.74, 6) is -1.99. The lowest BCUT2D eigenvalue weighted by Gasteiger charge is -2.15. The Morgan fingerprint density at radius 3 is 2.44 bits per heavy atom. The van der Waals surface area contributed by atoms with E-state index in [1.165, 1.54) is 37.2 Å². The van der Waals surface area contributed by atoms with Gasteiger partial charge in [0.25, 0.3) is 6.43 Å². The summed E-state index contributed by atoms with van der Waals surface area (Å²) in [4.78, 5) is 35.8. The molecule has 0 aromatic carbocycles. The maximum atomic E-state index is 13.8. The molecule has 10 nitrogen and oxygen atoms in total. The average molecular weight is 507 g/mol. The van der Waals surface area contributed by atoms with Gasteiger partial charge in [0.2, 0.25) is 11.9 Å². The zero-order valence-electron chi connectivity index (χ0n) is 19.1. The number of nitrogens with one attached hydrogen (secondary N) is 2. The number of anilines is 2. The Bertz CT molecular complexity index is 1270. The van der Waals surface area contributed by atoms with Crippen LogP contribution < -0.4 is 10.6 Å². The van der Waals surface area contributed by atoms with Gasteiger partial charge in [-0.15, -0.1) is 0 Å². The third kappa shape index (κ3) is 6.61. The number of hydrogen-bond donors (Lipinski definition) is 2. The molecular weight excluding hydrogens is 486 g/mol. The first-order valence-electron chi connectivity index (χ1n) is 10.4. The van der Waals surface area contributed by atoms with E-state index < -0.39 is 36.3 Å². The van der Waals surface area contributed by atoms with E-state index in [0.717, 1.165) is 6.07 Å². The Labute approximate surface area is 202 Å². The quantitative estimate of drug-likeness (QED) is 0.250. The van der Waals surface area contributed by atoms with Crippen LogP contribution >= 0.6 is 0 Å². The van der Waals surface area contributed by atoms with Crippen LogP contribution in [-0.4, -0.2) is 43.2 Å². The average Bonchev–Trinajstić information content (AvgIpc) is 3.19. The van der Waals surface area contributed by atoms with Gasteiger partial charge in [-0.3, -0.25) is 14.8 Å². The molecule has 3 heterocycles. The fraction of sp³-hybridized carbons (Fsp3) is 0.273. The summed E-state index contributed by atoms with van der Waals surface area (Å²) in [6, 6.07) is 0.874. The van der Waals surface area contributed by atoms with Crippen molar-refractivity contribution < 1.29 is 31.9 Å².